The Morgan fingerprint density at radius 3 is 2.44 bits per heavy atom. The van der Waals surface area contributed by atoms with Crippen molar-refractivity contribution < 1.29 is 4.79 Å². The standard InChI is InChI=1S/C26H28N4O2S2/c1-16-10-17(2)14-29(13-16)23-20(18(3)21(12-27)24(31)28(23)4)11-22-25(32)30(26(33)34-22)15-19-8-6-5-7-9-19/h5-9,11,16-17H,10,13-15H2,1-4H3/b22-11-. The van der Waals surface area contributed by atoms with Crippen molar-refractivity contribution in [3.63, 3.8) is 0 Å². The van der Waals surface area contributed by atoms with Gasteiger partial charge < -0.3 is 4.90 Å². The summed E-state index contributed by atoms with van der Waals surface area (Å²) < 4.78 is 2.07. The van der Waals surface area contributed by atoms with Gasteiger partial charge in [0, 0.05) is 25.7 Å². The summed E-state index contributed by atoms with van der Waals surface area (Å²) in [4.78, 5) is 30.7. The minimum Gasteiger partial charge on any atom is -0.357 e. The van der Waals surface area contributed by atoms with Gasteiger partial charge in [-0.05, 0) is 42.4 Å². The zero-order chi connectivity index (χ0) is 24.6. The van der Waals surface area contributed by atoms with Crippen molar-refractivity contribution in [2.45, 2.75) is 33.7 Å². The van der Waals surface area contributed by atoms with Crippen LogP contribution < -0.4 is 10.5 Å². The molecule has 0 saturated carbocycles. The summed E-state index contributed by atoms with van der Waals surface area (Å²) in [5, 5.41) is 9.70. The Kier molecular flexibility index (Phi) is 6.96. The zero-order valence-corrected chi connectivity index (χ0v) is 21.5. The lowest BCUT2D eigenvalue weighted by atomic mass is 9.91. The van der Waals surface area contributed by atoms with E-state index in [1.165, 1.54) is 11.8 Å². The Balaban J connectivity index is 1.80. The van der Waals surface area contributed by atoms with E-state index in [1.54, 1.807) is 23.4 Å². The number of thiocarbonyl (C=S) groups is 1. The summed E-state index contributed by atoms with van der Waals surface area (Å²) >= 11 is 6.80. The average Bonchev–Trinajstić information content (AvgIpc) is 3.05. The minimum absolute atomic E-state index is 0.107. The highest BCUT2D eigenvalue weighted by molar-refractivity contribution is 8.26. The van der Waals surface area contributed by atoms with E-state index in [1.807, 2.05) is 36.4 Å². The molecule has 1 aromatic carbocycles. The molecule has 1 aromatic heterocycles. The zero-order valence-electron chi connectivity index (χ0n) is 19.9. The number of anilines is 1. The number of amides is 1. The third-order valence-electron chi connectivity index (χ3n) is 6.47. The van der Waals surface area contributed by atoms with Crippen LogP contribution in [0.15, 0.2) is 40.0 Å². The fraction of sp³-hybridized carbons (Fsp3) is 0.385. The molecule has 8 heteroatoms. The van der Waals surface area contributed by atoms with Gasteiger partial charge in [-0.25, -0.2) is 0 Å². The lowest BCUT2D eigenvalue weighted by Crippen LogP contribution is -2.42. The van der Waals surface area contributed by atoms with Gasteiger partial charge in [-0.15, -0.1) is 0 Å². The lowest BCUT2D eigenvalue weighted by molar-refractivity contribution is -0.122. The van der Waals surface area contributed by atoms with Crippen LogP contribution >= 0.6 is 24.0 Å². The number of thioether (sulfide) groups is 1. The van der Waals surface area contributed by atoms with Gasteiger partial charge in [0.15, 0.2) is 0 Å². The maximum Gasteiger partial charge on any atom is 0.270 e. The van der Waals surface area contributed by atoms with Crippen molar-refractivity contribution in [2.24, 2.45) is 18.9 Å². The second-order valence-corrected chi connectivity index (χ2v) is 11.0. The first-order chi connectivity index (χ1) is 16.2. The highest BCUT2D eigenvalue weighted by atomic mass is 32.2. The Morgan fingerprint density at radius 1 is 1.18 bits per heavy atom. The van der Waals surface area contributed by atoms with E-state index in [-0.39, 0.29) is 17.0 Å². The predicted molar refractivity (Wildman–Crippen MR) is 141 cm³/mol. The number of carbonyl (C=O) groups is 1. The van der Waals surface area contributed by atoms with E-state index in [2.05, 4.69) is 24.8 Å². The molecule has 4 rings (SSSR count). The normalized spacial score (nSPS) is 21.9. The molecule has 34 heavy (non-hydrogen) atoms. The molecule has 2 aliphatic heterocycles. The van der Waals surface area contributed by atoms with Gasteiger partial charge in [0.2, 0.25) is 0 Å². The summed E-state index contributed by atoms with van der Waals surface area (Å²) in [5.41, 5.74) is 2.13. The van der Waals surface area contributed by atoms with Crippen LogP contribution in [0.3, 0.4) is 0 Å². The molecule has 0 spiro atoms. The smallest absolute Gasteiger partial charge is 0.270 e. The number of nitriles is 1. The van der Waals surface area contributed by atoms with Crippen molar-refractivity contribution in [1.82, 2.24) is 9.47 Å². The maximum absolute atomic E-state index is 13.3. The third-order valence-corrected chi connectivity index (χ3v) is 7.85. The summed E-state index contributed by atoms with van der Waals surface area (Å²) in [7, 11) is 1.71. The second kappa shape index (κ2) is 9.77. The Hall–Kier alpha value is -2.89. The minimum atomic E-state index is -0.311. The second-order valence-electron chi connectivity index (χ2n) is 9.32. The lowest BCUT2D eigenvalue weighted by Gasteiger charge is -2.38. The van der Waals surface area contributed by atoms with E-state index in [9.17, 15) is 14.9 Å². The van der Waals surface area contributed by atoms with Crippen molar-refractivity contribution in [1.29, 1.82) is 5.26 Å². The van der Waals surface area contributed by atoms with Crippen LogP contribution in [0, 0.1) is 30.1 Å². The number of rotatable bonds is 4. The van der Waals surface area contributed by atoms with Gasteiger partial charge >= 0.3 is 0 Å². The monoisotopic (exact) mass is 492 g/mol. The predicted octanol–water partition coefficient (Wildman–Crippen LogP) is 4.45. The number of carbonyl (C=O) groups excluding carboxylic acids is 1. The van der Waals surface area contributed by atoms with Crippen LogP contribution in [0.5, 0.6) is 0 Å². The molecule has 176 valence electrons. The van der Waals surface area contributed by atoms with Crippen molar-refractivity contribution in [3.05, 3.63) is 67.8 Å². The number of piperidine rings is 1. The molecular weight excluding hydrogens is 464 g/mol. The van der Waals surface area contributed by atoms with E-state index in [0.717, 1.165) is 36.5 Å². The average molecular weight is 493 g/mol. The molecule has 0 bridgehead atoms. The highest BCUT2D eigenvalue weighted by Gasteiger charge is 2.34. The SMILES string of the molecule is Cc1c(/C=C2\SC(=S)N(Cc3ccccc3)C2=O)c(N2CC(C)CC(C)C2)n(C)c(=O)c1C#N. The first-order valence-corrected chi connectivity index (χ1v) is 12.6. The number of nitrogens with zero attached hydrogens (tertiary/aromatic N) is 4. The van der Waals surface area contributed by atoms with E-state index < -0.39 is 0 Å². The Morgan fingerprint density at radius 2 is 1.82 bits per heavy atom. The maximum atomic E-state index is 13.3. The number of hydrogen-bond donors (Lipinski definition) is 0. The Labute approximate surface area is 209 Å². The molecule has 0 radical (unpaired) electrons. The van der Waals surface area contributed by atoms with Crippen molar-refractivity contribution >= 4 is 46.1 Å². The van der Waals surface area contributed by atoms with Gasteiger partial charge in [-0.2, -0.15) is 5.26 Å². The molecule has 6 nitrogen and oxygen atoms in total. The molecular formula is C26H28N4O2S2. The molecule has 1 amide bonds. The topological polar surface area (TPSA) is 69.3 Å². The third kappa shape index (κ3) is 4.55. The molecule has 0 N–H and O–H groups in total. The fourth-order valence-electron chi connectivity index (χ4n) is 4.96. The van der Waals surface area contributed by atoms with Gasteiger partial charge in [-0.3, -0.25) is 19.1 Å². The number of pyridine rings is 1. The molecule has 2 atom stereocenters. The summed E-state index contributed by atoms with van der Waals surface area (Å²) in [6.45, 7) is 8.26. The van der Waals surface area contributed by atoms with Crippen LogP contribution in [0.2, 0.25) is 0 Å². The van der Waals surface area contributed by atoms with Gasteiger partial charge in [0.1, 0.15) is 21.8 Å². The van der Waals surface area contributed by atoms with Crippen LogP contribution in [0.1, 0.15) is 42.5 Å². The molecule has 2 unspecified atom stereocenters. The van der Waals surface area contributed by atoms with Gasteiger partial charge in [0.05, 0.1) is 11.4 Å². The molecule has 2 aromatic rings. The number of benzene rings is 1. The van der Waals surface area contributed by atoms with Gasteiger partial charge in [-0.1, -0.05) is 68.2 Å². The van der Waals surface area contributed by atoms with Crippen LogP contribution in [0.25, 0.3) is 6.08 Å². The largest absolute Gasteiger partial charge is 0.357 e. The molecule has 2 saturated heterocycles. The van der Waals surface area contributed by atoms with E-state index in [4.69, 9.17) is 12.2 Å². The summed E-state index contributed by atoms with van der Waals surface area (Å²) in [6, 6.07) is 11.8. The summed E-state index contributed by atoms with van der Waals surface area (Å²) in [5.74, 6) is 1.56. The van der Waals surface area contributed by atoms with Crippen LogP contribution in [-0.4, -0.2) is 32.8 Å². The quantitative estimate of drug-likeness (QED) is 0.464. The molecule has 0 aliphatic carbocycles. The first kappa shape index (κ1) is 24.2. The van der Waals surface area contributed by atoms with E-state index >= 15 is 0 Å². The Bertz CT molecular complexity index is 1270. The number of aromatic nitrogens is 1. The van der Waals surface area contributed by atoms with E-state index in [0.29, 0.717) is 33.2 Å². The number of hydrogen-bond acceptors (Lipinski definition) is 6. The van der Waals surface area contributed by atoms with Crippen molar-refractivity contribution in [3.8, 4) is 6.07 Å². The van der Waals surface area contributed by atoms with Gasteiger partial charge in [0.25, 0.3) is 11.5 Å². The molecule has 2 fully saturated rings. The highest BCUT2D eigenvalue weighted by Crippen LogP contribution is 2.37. The molecule has 2 aliphatic rings. The van der Waals surface area contributed by atoms with Crippen molar-refractivity contribution in [2.75, 3.05) is 18.0 Å². The van der Waals surface area contributed by atoms with Crippen LogP contribution in [-0.2, 0) is 18.4 Å². The first-order valence-electron chi connectivity index (χ1n) is 11.4. The fourth-order valence-corrected chi connectivity index (χ4v) is 6.20. The van der Waals surface area contributed by atoms with Crippen LogP contribution in [0.4, 0.5) is 5.82 Å². The summed E-state index contributed by atoms with van der Waals surface area (Å²) in [6.07, 6.45) is 2.95. The molecule has 3 heterocycles.